The SMILES string of the molecule is CCO[C@H]1CN(C(=O)c2ccc3c(c2)OCO3)[C@H]2COC[C@@H]12. The molecule has 0 saturated carbocycles. The number of carbonyl (C=O) groups excluding carboxylic acids is 1. The van der Waals surface area contributed by atoms with Gasteiger partial charge in [-0.25, -0.2) is 0 Å². The summed E-state index contributed by atoms with van der Waals surface area (Å²) in [5.74, 6) is 1.59. The summed E-state index contributed by atoms with van der Waals surface area (Å²) in [6.45, 7) is 4.72. The van der Waals surface area contributed by atoms with Crippen LogP contribution >= 0.6 is 0 Å². The van der Waals surface area contributed by atoms with Crippen molar-refractivity contribution in [1.82, 2.24) is 4.90 Å². The second-order valence-electron chi connectivity index (χ2n) is 5.79. The largest absolute Gasteiger partial charge is 0.454 e. The van der Waals surface area contributed by atoms with Crippen molar-refractivity contribution in [1.29, 1.82) is 0 Å². The molecule has 2 saturated heterocycles. The van der Waals surface area contributed by atoms with E-state index in [0.717, 1.165) is 0 Å². The number of ether oxygens (including phenoxy) is 4. The number of nitrogens with zero attached hydrogens (tertiary/aromatic N) is 1. The average molecular weight is 305 g/mol. The van der Waals surface area contributed by atoms with Crippen LogP contribution in [0.15, 0.2) is 18.2 Å². The second kappa shape index (κ2) is 5.44. The Morgan fingerprint density at radius 2 is 2.18 bits per heavy atom. The molecule has 0 radical (unpaired) electrons. The number of benzene rings is 1. The average Bonchev–Trinajstić information content (AvgIpc) is 3.23. The van der Waals surface area contributed by atoms with Crippen molar-refractivity contribution >= 4 is 5.91 Å². The van der Waals surface area contributed by atoms with Crippen LogP contribution in [0.5, 0.6) is 11.5 Å². The van der Waals surface area contributed by atoms with Gasteiger partial charge in [0.2, 0.25) is 6.79 Å². The van der Waals surface area contributed by atoms with Gasteiger partial charge in [-0.3, -0.25) is 4.79 Å². The van der Waals surface area contributed by atoms with Crippen molar-refractivity contribution in [2.45, 2.75) is 19.1 Å². The molecule has 4 rings (SSSR count). The third-order valence-electron chi connectivity index (χ3n) is 4.61. The maximum absolute atomic E-state index is 12.9. The highest BCUT2D eigenvalue weighted by molar-refractivity contribution is 5.95. The van der Waals surface area contributed by atoms with E-state index in [1.54, 1.807) is 18.2 Å². The van der Waals surface area contributed by atoms with E-state index in [0.29, 0.717) is 43.4 Å². The van der Waals surface area contributed by atoms with Crippen molar-refractivity contribution in [3.63, 3.8) is 0 Å². The van der Waals surface area contributed by atoms with Gasteiger partial charge in [-0.2, -0.15) is 0 Å². The monoisotopic (exact) mass is 305 g/mol. The Labute approximate surface area is 128 Å². The van der Waals surface area contributed by atoms with E-state index < -0.39 is 0 Å². The molecule has 1 aromatic carbocycles. The number of amides is 1. The van der Waals surface area contributed by atoms with E-state index in [9.17, 15) is 4.79 Å². The summed E-state index contributed by atoms with van der Waals surface area (Å²) in [5.41, 5.74) is 0.618. The van der Waals surface area contributed by atoms with E-state index >= 15 is 0 Å². The molecule has 0 unspecified atom stereocenters. The zero-order valence-electron chi connectivity index (χ0n) is 12.5. The van der Waals surface area contributed by atoms with Gasteiger partial charge in [-0.05, 0) is 25.1 Å². The highest BCUT2D eigenvalue weighted by Gasteiger charge is 2.48. The van der Waals surface area contributed by atoms with Crippen LogP contribution in [0, 0.1) is 5.92 Å². The Bertz CT molecular complexity index is 590. The summed E-state index contributed by atoms with van der Waals surface area (Å²) >= 11 is 0. The quantitative estimate of drug-likeness (QED) is 0.842. The molecule has 0 bridgehead atoms. The van der Waals surface area contributed by atoms with Crippen LogP contribution in [0.2, 0.25) is 0 Å². The zero-order chi connectivity index (χ0) is 15.1. The Balaban J connectivity index is 1.57. The third kappa shape index (κ3) is 2.14. The van der Waals surface area contributed by atoms with Crippen molar-refractivity contribution in [3.05, 3.63) is 23.8 Å². The number of hydrogen-bond acceptors (Lipinski definition) is 5. The van der Waals surface area contributed by atoms with Gasteiger partial charge < -0.3 is 23.8 Å². The van der Waals surface area contributed by atoms with Gasteiger partial charge in [-0.15, -0.1) is 0 Å². The number of carbonyl (C=O) groups is 1. The minimum atomic E-state index is 0.000929. The number of hydrogen-bond donors (Lipinski definition) is 0. The highest BCUT2D eigenvalue weighted by atomic mass is 16.7. The fourth-order valence-corrected chi connectivity index (χ4v) is 3.52. The minimum Gasteiger partial charge on any atom is -0.454 e. The molecule has 3 heterocycles. The van der Waals surface area contributed by atoms with E-state index in [1.165, 1.54) is 0 Å². The van der Waals surface area contributed by atoms with Crippen LogP contribution in [0.25, 0.3) is 0 Å². The van der Waals surface area contributed by atoms with E-state index in [4.69, 9.17) is 18.9 Å². The normalized spacial score (nSPS) is 29.0. The van der Waals surface area contributed by atoms with Gasteiger partial charge in [0, 0.05) is 24.6 Å². The molecule has 1 amide bonds. The molecule has 6 heteroatoms. The van der Waals surface area contributed by atoms with E-state index in [-0.39, 0.29) is 30.8 Å². The zero-order valence-corrected chi connectivity index (χ0v) is 12.5. The maximum Gasteiger partial charge on any atom is 0.254 e. The summed E-state index contributed by atoms with van der Waals surface area (Å²) in [6.07, 6.45) is 0.0652. The van der Waals surface area contributed by atoms with Crippen LogP contribution in [0.3, 0.4) is 0 Å². The van der Waals surface area contributed by atoms with Crippen molar-refractivity contribution in [2.24, 2.45) is 5.92 Å². The third-order valence-corrected chi connectivity index (χ3v) is 4.61. The topological polar surface area (TPSA) is 57.2 Å². The molecule has 2 fully saturated rings. The minimum absolute atomic E-state index is 0.000929. The molecule has 22 heavy (non-hydrogen) atoms. The smallest absolute Gasteiger partial charge is 0.254 e. The first-order valence-corrected chi connectivity index (χ1v) is 7.68. The van der Waals surface area contributed by atoms with Crippen LogP contribution < -0.4 is 9.47 Å². The van der Waals surface area contributed by atoms with Gasteiger partial charge in [0.05, 0.1) is 25.4 Å². The number of rotatable bonds is 3. The predicted molar refractivity (Wildman–Crippen MR) is 77.1 cm³/mol. The summed E-state index contributed by atoms with van der Waals surface area (Å²) in [5, 5.41) is 0. The summed E-state index contributed by atoms with van der Waals surface area (Å²) in [7, 11) is 0. The second-order valence-corrected chi connectivity index (χ2v) is 5.79. The molecule has 0 spiro atoms. The lowest BCUT2D eigenvalue weighted by Crippen LogP contribution is -2.38. The lowest BCUT2D eigenvalue weighted by Gasteiger charge is -2.22. The molecule has 0 N–H and O–H groups in total. The molecular formula is C16H19NO5. The fourth-order valence-electron chi connectivity index (χ4n) is 3.52. The molecule has 0 aliphatic carbocycles. The molecule has 118 valence electrons. The first kappa shape index (κ1) is 13.8. The Hall–Kier alpha value is -1.79. The molecule has 1 aromatic rings. The molecule has 3 aliphatic heterocycles. The first-order valence-electron chi connectivity index (χ1n) is 7.68. The maximum atomic E-state index is 12.9. The van der Waals surface area contributed by atoms with Gasteiger partial charge in [0.25, 0.3) is 5.91 Å². The standard InChI is InChI=1S/C16H19NO5/c1-2-20-15-6-17(12-8-19-7-11(12)15)16(18)10-3-4-13-14(5-10)22-9-21-13/h3-5,11-12,15H,2,6-9H2,1H3/t11-,12+,15+/m1/s1. The van der Waals surface area contributed by atoms with Crippen molar-refractivity contribution in [3.8, 4) is 11.5 Å². The molecular weight excluding hydrogens is 286 g/mol. The number of likely N-dealkylation sites (tertiary alicyclic amines) is 1. The molecule has 6 nitrogen and oxygen atoms in total. The first-order chi connectivity index (χ1) is 10.8. The summed E-state index contributed by atoms with van der Waals surface area (Å²) < 4.78 is 22.0. The van der Waals surface area contributed by atoms with Crippen LogP contribution in [0.1, 0.15) is 17.3 Å². The summed E-state index contributed by atoms with van der Waals surface area (Å²) in [6, 6.07) is 5.43. The predicted octanol–water partition coefficient (Wildman–Crippen LogP) is 1.29. The van der Waals surface area contributed by atoms with Crippen LogP contribution in [0.4, 0.5) is 0 Å². The molecule has 3 atom stereocenters. The summed E-state index contributed by atoms with van der Waals surface area (Å²) in [4.78, 5) is 14.7. The Morgan fingerprint density at radius 3 is 3.05 bits per heavy atom. The molecule has 0 aromatic heterocycles. The van der Waals surface area contributed by atoms with Crippen molar-refractivity contribution < 1.29 is 23.7 Å². The van der Waals surface area contributed by atoms with E-state index in [2.05, 4.69) is 0 Å². The highest BCUT2D eigenvalue weighted by Crippen LogP contribution is 2.36. The number of fused-ring (bicyclic) bond motifs is 2. The van der Waals surface area contributed by atoms with Crippen LogP contribution in [-0.2, 0) is 9.47 Å². The van der Waals surface area contributed by atoms with Gasteiger partial charge >= 0.3 is 0 Å². The van der Waals surface area contributed by atoms with Crippen LogP contribution in [-0.4, -0.2) is 56.1 Å². The lowest BCUT2D eigenvalue weighted by molar-refractivity contribution is 0.0257. The van der Waals surface area contributed by atoms with E-state index in [1.807, 2.05) is 11.8 Å². The molecule has 3 aliphatic rings. The van der Waals surface area contributed by atoms with Gasteiger partial charge in [-0.1, -0.05) is 0 Å². The van der Waals surface area contributed by atoms with Gasteiger partial charge in [0.1, 0.15) is 0 Å². The fraction of sp³-hybridized carbons (Fsp3) is 0.562. The lowest BCUT2D eigenvalue weighted by atomic mass is 10.0. The van der Waals surface area contributed by atoms with Crippen molar-refractivity contribution in [2.75, 3.05) is 33.2 Å². The Kier molecular flexibility index (Phi) is 3.43. The Morgan fingerprint density at radius 1 is 1.32 bits per heavy atom. The van der Waals surface area contributed by atoms with Gasteiger partial charge in [0.15, 0.2) is 11.5 Å².